The highest BCUT2D eigenvalue weighted by Gasteiger charge is 2.11. The van der Waals surface area contributed by atoms with Crippen LogP contribution in [0.5, 0.6) is 0 Å². The molecule has 0 bridgehead atoms. The molecule has 0 aliphatic carbocycles. The fraction of sp³-hybridized carbons (Fsp3) is 0.250. The third kappa shape index (κ3) is 3.11. The molecule has 1 aromatic carbocycles. The molecule has 0 unspecified atom stereocenters. The number of sulfonamides is 1. The van der Waals surface area contributed by atoms with Crippen molar-refractivity contribution in [3.05, 3.63) is 36.7 Å². The van der Waals surface area contributed by atoms with E-state index in [9.17, 15) is 8.42 Å². The average Bonchev–Trinajstić information content (AvgIpc) is 2.37. The van der Waals surface area contributed by atoms with Crippen LogP contribution < -0.4 is 4.72 Å². The van der Waals surface area contributed by atoms with Gasteiger partial charge in [0.2, 0.25) is 10.0 Å². The number of alkyl halides is 1. The lowest BCUT2D eigenvalue weighted by Gasteiger charge is -2.09. The zero-order valence-electron chi connectivity index (χ0n) is 9.64. The Bertz CT molecular complexity index is 638. The van der Waals surface area contributed by atoms with E-state index < -0.39 is 10.0 Å². The maximum absolute atomic E-state index is 11.8. The highest BCUT2D eigenvalue weighted by atomic mass is 35.5. The summed E-state index contributed by atoms with van der Waals surface area (Å²) in [6.45, 7) is 0. The second-order valence-corrected chi connectivity index (χ2v) is 6.09. The minimum absolute atomic E-state index is 0.0210. The van der Waals surface area contributed by atoms with E-state index in [1.807, 2.05) is 18.2 Å². The van der Waals surface area contributed by atoms with E-state index in [4.69, 9.17) is 11.6 Å². The average molecular weight is 285 g/mol. The molecule has 0 atom stereocenters. The molecule has 1 aromatic heterocycles. The Hall–Kier alpha value is -1.33. The molecule has 0 fully saturated rings. The quantitative estimate of drug-likeness (QED) is 0.859. The number of aromatic nitrogens is 1. The fourth-order valence-electron chi connectivity index (χ4n) is 1.67. The SMILES string of the molecule is O=S(=O)(CCCCl)Nc1cccc2ccncc12. The Balaban J connectivity index is 2.32. The van der Waals surface area contributed by atoms with Crippen molar-refractivity contribution in [3.63, 3.8) is 0 Å². The molecule has 2 aromatic rings. The largest absolute Gasteiger partial charge is 0.283 e. The van der Waals surface area contributed by atoms with Gasteiger partial charge < -0.3 is 0 Å². The second-order valence-electron chi connectivity index (χ2n) is 3.87. The van der Waals surface area contributed by atoms with Gasteiger partial charge in [-0.2, -0.15) is 0 Å². The molecule has 0 saturated heterocycles. The van der Waals surface area contributed by atoms with Gasteiger partial charge in [0.25, 0.3) is 0 Å². The lowest BCUT2D eigenvalue weighted by atomic mass is 10.1. The van der Waals surface area contributed by atoms with Gasteiger partial charge in [0.05, 0.1) is 11.4 Å². The summed E-state index contributed by atoms with van der Waals surface area (Å²) in [5, 5.41) is 1.73. The van der Waals surface area contributed by atoms with E-state index in [2.05, 4.69) is 9.71 Å². The number of anilines is 1. The summed E-state index contributed by atoms with van der Waals surface area (Å²) in [5.41, 5.74) is 0.551. The van der Waals surface area contributed by atoms with Crippen molar-refractivity contribution in [2.24, 2.45) is 0 Å². The number of rotatable bonds is 5. The second kappa shape index (κ2) is 5.54. The van der Waals surface area contributed by atoms with Crippen LogP contribution in [-0.2, 0) is 10.0 Å². The molecule has 0 spiro atoms. The third-order valence-corrected chi connectivity index (χ3v) is 4.12. The minimum atomic E-state index is -3.35. The van der Waals surface area contributed by atoms with Gasteiger partial charge in [-0.05, 0) is 23.9 Å². The van der Waals surface area contributed by atoms with Crippen molar-refractivity contribution >= 4 is 38.1 Å². The number of nitrogens with zero attached hydrogens (tertiary/aromatic N) is 1. The standard InChI is InChI=1S/C12H13ClN2O2S/c13-6-2-8-18(16,17)15-12-4-1-3-10-5-7-14-9-11(10)12/h1,3-5,7,9,15H,2,6,8H2. The maximum Gasteiger partial charge on any atom is 0.232 e. The van der Waals surface area contributed by atoms with Crippen LogP contribution in [-0.4, -0.2) is 25.0 Å². The zero-order valence-corrected chi connectivity index (χ0v) is 11.2. The van der Waals surface area contributed by atoms with E-state index in [1.165, 1.54) is 0 Å². The van der Waals surface area contributed by atoms with Crippen LogP contribution in [0, 0.1) is 0 Å². The van der Waals surface area contributed by atoms with E-state index in [-0.39, 0.29) is 5.75 Å². The van der Waals surface area contributed by atoms with Gasteiger partial charge in [0.1, 0.15) is 0 Å². The van der Waals surface area contributed by atoms with E-state index in [0.29, 0.717) is 18.0 Å². The van der Waals surface area contributed by atoms with Crippen molar-refractivity contribution in [3.8, 4) is 0 Å². The zero-order chi connectivity index (χ0) is 13.0. The topological polar surface area (TPSA) is 59.1 Å². The van der Waals surface area contributed by atoms with Crippen LogP contribution in [0.3, 0.4) is 0 Å². The summed E-state index contributed by atoms with van der Waals surface area (Å²) in [7, 11) is -3.35. The van der Waals surface area contributed by atoms with Gasteiger partial charge in [0, 0.05) is 23.7 Å². The number of pyridine rings is 1. The van der Waals surface area contributed by atoms with E-state index in [1.54, 1.807) is 18.5 Å². The number of hydrogen-bond acceptors (Lipinski definition) is 3. The van der Waals surface area contributed by atoms with Crippen molar-refractivity contribution in [1.82, 2.24) is 4.98 Å². The van der Waals surface area contributed by atoms with Crippen LogP contribution >= 0.6 is 11.6 Å². The highest BCUT2D eigenvalue weighted by Crippen LogP contribution is 2.23. The number of hydrogen-bond donors (Lipinski definition) is 1. The Kier molecular flexibility index (Phi) is 4.04. The molecule has 0 aliphatic heterocycles. The lowest BCUT2D eigenvalue weighted by Crippen LogP contribution is -2.17. The van der Waals surface area contributed by atoms with Gasteiger partial charge >= 0.3 is 0 Å². The summed E-state index contributed by atoms with van der Waals surface area (Å²) >= 11 is 5.50. The smallest absolute Gasteiger partial charge is 0.232 e. The number of nitrogens with one attached hydrogen (secondary N) is 1. The molecule has 18 heavy (non-hydrogen) atoms. The van der Waals surface area contributed by atoms with Crippen LogP contribution in [0.25, 0.3) is 10.8 Å². The Morgan fingerprint density at radius 3 is 2.89 bits per heavy atom. The van der Waals surface area contributed by atoms with Crippen molar-refractivity contribution < 1.29 is 8.42 Å². The molecule has 4 nitrogen and oxygen atoms in total. The molecular formula is C12H13ClN2O2S. The van der Waals surface area contributed by atoms with Crippen LogP contribution in [0.2, 0.25) is 0 Å². The highest BCUT2D eigenvalue weighted by molar-refractivity contribution is 7.92. The molecule has 0 radical (unpaired) electrons. The molecule has 1 heterocycles. The first-order valence-electron chi connectivity index (χ1n) is 5.51. The molecule has 1 N–H and O–H groups in total. The van der Waals surface area contributed by atoms with Crippen LogP contribution in [0.1, 0.15) is 6.42 Å². The van der Waals surface area contributed by atoms with Gasteiger partial charge in [-0.25, -0.2) is 8.42 Å². The van der Waals surface area contributed by atoms with E-state index >= 15 is 0 Å². The van der Waals surface area contributed by atoms with Crippen LogP contribution in [0.4, 0.5) is 5.69 Å². The molecule has 0 saturated carbocycles. The number of halogens is 1. The van der Waals surface area contributed by atoms with Crippen molar-refractivity contribution in [2.75, 3.05) is 16.4 Å². The molecule has 96 valence electrons. The summed E-state index contributed by atoms with van der Waals surface area (Å²) in [6, 6.07) is 7.28. The van der Waals surface area contributed by atoms with E-state index in [0.717, 1.165) is 10.8 Å². The first-order chi connectivity index (χ1) is 8.62. The number of benzene rings is 1. The Morgan fingerprint density at radius 1 is 1.28 bits per heavy atom. The molecule has 0 aliphatic rings. The van der Waals surface area contributed by atoms with Gasteiger partial charge in [0.15, 0.2) is 0 Å². The summed E-state index contributed by atoms with van der Waals surface area (Å²) in [5.74, 6) is 0.352. The summed E-state index contributed by atoms with van der Waals surface area (Å²) < 4.78 is 26.2. The summed E-state index contributed by atoms with van der Waals surface area (Å²) in [4.78, 5) is 4.01. The first kappa shape index (κ1) is 13.1. The normalized spacial score (nSPS) is 11.6. The third-order valence-electron chi connectivity index (χ3n) is 2.50. The first-order valence-corrected chi connectivity index (χ1v) is 7.70. The molecule has 6 heteroatoms. The van der Waals surface area contributed by atoms with Crippen molar-refractivity contribution in [1.29, 1.82) is 0 Å². The van der Waals surface area contributed by atoms with Crippen LogP contribution in [0.15, 0.2) is 36.7 Å². The predicted molar refractivity (Wildman–Crippen MR) is 74.5 cm³/mol. The maximum atomic E-state index is 11.8. The van der Waals surface area contributed by atoms with Gasteiger partial charge in [-0.15, -0.1) is 11.6 Å². The summed E-state index contributed by atoms with van der Waals surface area (Å²) in [6.07, 6.45) is 3.75. The molecular weight excluding hydrogens is 272 g/mol. The van der Waals surface area contributed by atoms with Gasteiger partial charge in [-0.3, -0.25) is 9.71 Å². The Labute approximate surface area is 111 Å². The Morgan fingerprint density at radius 2 is 2.11 bits per heavy atom. The molecule has 0 amide bonds. The van der Waals surface area contributed by atoms with Gasteiger partial charge in [-0.1, -0.05) is 12.1 Å². The lowest BCUT2D eigenvalue weighted by molar-refractivity contribution is 0.600. The molecule has 2 rings (SSSR count). The monoisotopic (exact) mass is 284 g/mol. The number of fused-ring (bicyclic) bond motifs is 1. The van der Waals surface area contributed by atoms with Crippen molar-refractivity contribution in [2.45, 2.75) is 6.42 Å². The minimum Gasteiger partial charge on any atom is -0.283 e. The fourth-order valence-corrected chi connectivity index (χ4v) is 3.10. The predicted octanol–water partition coefficient (Wildman–Crippen LogP) is 2.61.